The van der Waals surface area contributed by atoms with Crippen molar-refractivity contribution < 1.29 is 9.53 Å². The van der Waals surface area contributed by atoms with E-state index in [1.165, 1.54) is 6.92 Å². The van der Waals surface area contributed by atoms with E-state index in [0.29, 0.717) is 5.88 Å². The van der Waals surface area contributed by atoms with E-state index < -0.39 is 0 Å². The van der Waals surface area contributed by atoms with Crippen molar-refractivity contribution in [3.63, 3.8) is 0 Å². The summed E-state index contributed by atoms with van der Waals surface area (Å²) >= 11 is 0. The van der Waals surface area contributed by atoms with Gasteiger partial charge in [-0.05, 0) is 18.2 Å². The van der Waals surface area contributed by atoms with Crippen LogP contribution in [0.1, 0.15) is 6.92 Å². The average Bonchev–Trinajstić information content (AvgIpc) is 2.38. The van der Waals surface area contributed by atoms with E-state index in [4.69, 9.17) is 4.74 Å². The quantitative estimate of drug-likeness (QED) is 0.896. The van der Waals surface area contributed by atoms with Crippen molar-refractivity contribution in [2.24, 2.45) is 0 Å². The number of rotatable bonds is 3. The summed E-state index contributed by atoms with van der Waals surface area (Å²) in [5.74, 6) is 0.365. The highest BCUT2D eigenvalue weighted by molar-refractivity contribution is 5.89. The van der Waals surface area contributed by atoms with Crippen LogP contribution >= 0.6 is 0 Å². The Hall–Kier alpha value is -2.43. The summed E-state index contributed by atoms with van der Waals surface area (Å²) in [4.78, 5) is 11.0. The third-order valence-corrected chi connectivity index (χ3v) is 2.33. The van der Waals surface area contributed by atoms with E-state index in [0.717, 1.165) is 16.9 Å². The zero-order chi connectivity index (χ0) is 13.0. The van der Waals surface area contributed by atoms with Crippen molar-refractivity contribution in [2.75, 3.05) is 12.4 Å². The van der Waals surface area contributed by atoms with Crippen LogP contribution < -0.4 is 10.1 Å². The van der Waals surface area contributed by atoms with E-state index >= 15 is 0 Å². The van der Waals surface area contributed by atoms with Gasteiger partial charge in [0.05, 0.1) is 12.8 Å². The minimum Gasteiger partial charge on any atom is -0.480 e. The van der Waals surface area contributed by atoms with Crippen LogP contribution in [0.3, 0.4) is 0 Å². The van der Waals surface area contributed by atoms with Crippen LogP contribution in [0.15, 0.2) is 36.4 Å². The fourth-order valence-electron chi connectivity index (χ4n) is 1.54. The number of nitrogens with one attached hydrogen (secondary N) is 1. The van der Waals surface area contributed by atoms with Gasteiger partial charge in [-0.15, -0.1) is 10.2 Å². The lowest BCUT2D eigenvalue weighted by Crippen LogP contribution is -2.05. The number of hydrogen-bond acceptors (Lipinski definition) is 4. The van der Waals surface area contributed by atoms with E-state index in [-0.39, 0.29) is 5.91 Å². The zero-order valence-electron chi connectivity index (χ0n) is 10.2. The van der Waals surface area contributed by atoms with Gasteiger partial charge in [-0.3, -0.25) is 4.79 Å². The Labute approximate surface area is 105 Å². The number of aromatic nitrogens is 2. The van der Waals surface area contributed by atoms with E-state index in [9.17, 15) is 4.79 Å². The molecule has 5 heteroatoms. The number of amides is 1. The van der Waals surface area contributed by atoms with E-state index in [1.807, 2.05) is 30.3 Å². The van der Waals surface area contributed by atoms with Gasteiger partial charge in [-0.1, -0.05) is 12.1 Å². The molecule has 1 aromatic heterocycles. The van der Waals surface area contributed by atoms with Crippen molar-refractivity contribution in [3.05, 3.63) is 36.4 Å². The third kappa shape index (κ3) is 2.82. The maximum absolute atomic E-state index is 11.0. The maximum atomic E-state index is 11.0. The Morgan fingerprint density at radius 3 is 2.67 bits per heavy atom. The summed E-state index contributed by atoms with van der Waals surface area (Å²) < 4.78 is 4.95. The summed E-state index contributed by atoms with van der Waals surface area (Å²) in [5.41, 5.74) is 2.34. The number of benzene rings is 1. The SMILES string of the molecule is COc1ccc(-c2cccc(NC(C)=O)c2)nn1. The molecule has 0 fully saturated rings. The predicted octanol–water partition coefficient (Wildman–Crippen LogP) is 2.11. The predicted molar refractivity (Wildman–Crippen MR) is 68.3 cm³/mol. The number of ether oxygens (including phenoxy) is 1. The Morgan fingerprint density at radius 2 is 2.06 bits per heavy atom. The summed E-state index contributed by atoms with van der Waals surface area (Å²) in [6, 6.07) is 11.0. The largest absolute Gasteiger partial charge is 0.480 e. The molecule has 0 spiro atoms. The maximum Gasteiger partial charge on any atom is 0.233 e. The first-order valence-electron chi connectivity index (χ1n) is 5.45. The molecular formula is C13H13N3O2. The molecule has 1 heterocycles. The van der Waals surface area contributed by atoms with Crippen LogP contribution in [0.4, 0.5) is 5.69 Å². The Balaban J connectivity index is 2.29. The first-order valence-corrected chi connectivity index (χ1v) is 5.45. The molecular weight excluding hydrogens is 230 g/mol. The molecule has 2 aromatic rings. The number of methoxy groups -OCH3 is 1. The normalized spacial score (nSPS) is 9.89. The van der Waals surface area contributed by atoms with Crippen LogP contribution in [0.25, 0.3) is 11.3 Å². The highest BCUT2D eigenvalue weighted by atomic mass is 16.5. The molecule has 0 saturated heterocycles. The molecule has 18 heavy (non-hydrogen) atoms. The van der Waals surface area contributed by atoms with Gasteiger partial charge in [-0.2, -0.15) is 0 Å². The topological polar surface area (TPSA) is 64.1 Å². The Bertz CT molecular complexity index is 552. The smallest absolute Gasteiger partial charge is 0.233 e. The standard InChI is InChI=1S/C13H13N3O2/c1-9(17)14-11-5-3-4-10(8-11)12-6-7-13(18-2)16-15-12/h3-8H,1-2H3,(H,14,17). The fourth-order valence-corrected chi connectivity index (χ4v) is 1.54. The van der Waals surface area contributed by atoms with Crippen LogP contribution in [0.2, 0.25) is 0 Å². The van der Waals surface area contributed by atoms with Gasteiger partial charge in [0.25, 0.3) is 0 Å². The molecule has 2 rings (SSSR count). The second-order valence-corrected chi connectivity index (χ2v) is 3.72. The van der Waals surface area contributed by atoms with Crippen molar-refractivity contribution in [1.29, 1.82) is 0 Å². The first-order chi connectivity index (χ1) is 8.69. The molecule has 1 aromatic carbocycles. The van der Waals surface area contributed by atoms with Crippen molar-refractivity contribution in [1.82, 2.24) is 10.2 Å². The summed E-state index contributed by atoms with van der Waals surface area (Å²) in [6.45, 7) is 1.47. The number of carbonyl (C=O) groups excluding carboxylic acids is 1. The van der Waals surface area contributed by atoms with Gasteiger partial charge in [0, 0.05) is 24.2 Å². The third-order valence-electron chi connectivity index (χ3n) is 2.33. The Morgan fingerprint density at radius 1 is 1.22 bits per heavy atom. The lowest BCUT2D eigenvalue weighted by atomic mass is 10.1. The zero-order valence-corrected chi connectivity index (χ0v) is 10.2. The van der Waals surface area contributed by atoms with Gasteiger partial charge < -0.3 is 10.1 Å². The number of nitrogens with zero attached hydrogens (tertiary/aromatic N) is 2. The van der Waals surface area contributed by atoms with Crippen molar-refractivity contribution >= 4 is 11.6 Å². The number of carbonyl (C=O) groups is 1. The average molecular weight is 243 g/mol. The van der Waals surface area contributed by atoms with Crippen molar-refractivity contribution in [3.8, 4) is 17.1 Å². The van der Waals surface area contributed by atoms with Gasteiger partial charge in [-0.25, -0.2) is 0 Å². The molecule has 0 aliphatic heterocycles. The second kappa shape index (κ2) is 5.27. The second-order valence-electron chi connectivity index (χ2n) is 3.72. The van der Waals surface area contributed by atoms with E-state index in [2.05, 4.69) is 15.5 Å². The molecule has 0 bridgehead atoms. The highest BCUT2D eigenvalue weighted by Crippen LogP contribution is 2.21. The van der Waals surface area contributed by atoms with Crippen LogP contribution in [0, 0.1) is 0 Å². The highest BCUT2D eigenvalue weighted by Gasteiger charge is 2.03. The summed E-state index contributed by atoms with van der Waals surface area (Å²) in [6.07, 6.45) is 0. The Kier molecular flexibility index (Phi) is 3.52. The molecule has 0 unspecified atom stereocenters. The summed E-state index contributed by atoms with van der Waals surface area (Å²) in [7, 11) is 1.54. The molecule has 1 N–H and O–H groups in total. The van der Waals surface area contributed by atoms with Gasteiger partial charge in [0.1, 0.15) is 0 Å². The van der Waals surface area contributed by atoms with Gasteiger partial charge in [0.2, 0.25) is 11.8 Å². The van der Waals surface area contributed by atoms with E-state index in [1.54, 1.807) is 13.2 Å². The minimum atomic E-state index is -0.104. The van der Waals surface area contributed by atoms with Gasteiger partial charge in [0.15, 0.2) is 0 Å². The molecule has 0 aliphatic rings. The van der Waals surface area contributed by atoms with Gasteiger partial charge >= 0.3 is 0 Å². The molecule has 0 saturated carbocycles. The monoisotopic (exact) mass is 243 g/mol. The minimum absolute atomic E-state index is 0.104. The lowest BCUT2D eigenvalue weighted by Gasteiger charge is -2.05. The van der Waals surface area contributed by atoms with Crippen LogP contribution in [-0.2, 0) is 4.79 Å². The number of anilines is 1. The molecule has 1 amide bonds. The molecule has 0 atom stereocenters. The molecule has 5 nitrogen and oxygen atoms in total. The van der Waals surface area contributed by atoms with Crippen molar-refractivity contribution in [2.45, 2.75) is 6.92 Å². The lowest BCUT2D eigenvalue weighted by molar-refractivity contribution is -0.114. The molecule has 0 radical (unpaired) electrons. The first kappa shape index (κ1) is 12.0. The molecule has 92 valence electrons. The summed E-state index contributed by atoms with van der Waals surface area (Å²) in [5, 5.41) is 10.7. The van der Waals surface area contributed by atoms with Crippen LogP contribution in [0.5, 0.6) is 5.88 Å². The number of hydrogen-bond donors (Lipinski definition) is 1. The van der Waals surface area contributed by atoms with Crippen LogP contribution in [-0.4, -0.2) is 23.2 Å². The fraction of sp³-hybridized carbons (Fsp3) is 0.154. The molecule has 0 aliphatic carbocycles.